The van der Waals surface area contributed by atoms with E-state index in [1.165, 1.54) is 6.20 Å². The molecule has 0 atom stereocenters. The summed E-state index contributed by atoms with van der Waals surface area (Å²) >= 11 is 0. The molecular formula is C16H14N4O. The number of aromatic nitrogens is 3. The number of pyridine rings is 1. The predicted molar refractivity (Wildman–Crippen MR) is 79.9 cm³/mol. The third kappa shape index (κ3) is 2.81. The van der Waals surface area contributed by atoms with Gasteiger partial charge in [-0.25, -0.2) is 0 Å². The molecule has 0 saturated heterocycles. The summed E-state index contributed by atoms with van der Waals surface area (Å²) in [5, 5.41) is 4.31. The lowest BCUT2D eigenvalue weighted by molar-refractivity contribution is 0.103. The molecule has 0 aliphatic carbocycles. The van der Waals surface area contributed by atoms with Crippen LogP contribution in [-0.2, 0) is 6.54 Å². The van der Waals surface area contributed by atoms with E-state index in [9.17, 15) is 4.79 Å². The molecule has 2 heterocycles. The SMILES string of the molecule is Nc1ccncc1C(=O)c1ccn(Cc2ccccc2)n1. The van der Waals surface area contributed by atoms with Gasteiger partial charge in [0, 0.05) is 24.3 Å². The van der Waals surface area contributed by atoms with E-state index in [4.69, 9.17) is 5.73 Å². The van der Waals surface area contributed by atoms with Gasteiger partial charge in [0.25, 0.3) is 0 Å². The summed E-state index contributed by atoms with van der Waals surface area (Å²) in [6.45, 7) is 0.622. The monoisotopic (exact) mass is 278 g/mol. The minimum Gasteiger partial charge on any atom is -0.398 e. The Hall–Kier alpha value is -2.95. The summed E-state index contributed by atoms with van der Waals surface area (Å²) < 4.78 is 1.73. The number of hydrogen-bond donors (Lipinski definition) is 1. The maximum absolute atomic E-state index is 12.3. The molecule has 21 heavy (non-hydrogen) atoms. The van der Waals surface area contributed by atoms with Gasteiger partial charge in [0.2, 0.25) is 5.78 Å². The quantitative estimate of drug-likeness (QED) is 0.742. The number of nitrogens with zero attached hydrogens (tertiary/aromatic N) is 3. The van der Waals surface area contributed by atoms with Gasteiger partial charge in [0.05, 0.1) is 12.1 Å². The molecule has 0 saturated carbocycles. The van der Waals surface area contributed by atoms with Gasteiger partial charge in [0.15, 0.2) is 0 Å². The number of nitrogens with two attached hydrogens (primary N) is 1. The van der Waals surface area contributed by atoms with Crippen molar-refractivity contribution in [1.82, 2.24) is 14.8 Å². The molecule has 104 valence electrons. The van der Waals surface area contributed by atoms with Gasteiger partial charge in [-0.15, -0.1) is 0 Å². The standard InChI is InChI=1S/C16H14N4O/c17-14-6-8-18-10-13(14)16(21)15-7-9-20(19-15)11-12-4-2-1-3-5-12/h1-10H,11H2,(H2,17,18). The van der Waals surface area contributed by atoms with Gasteiger partial charge < -0.3 is 5.73 Å². The Morgan fingerprint density at radius 3 is 2.71 bits per heavy atom. The van der Waals surface area contributed by atoms with Crippen LogP contribution in [0.25, 0.3) is 0 Å². The van der Waals surface area contributed by atoms with Crippen molar-refractivity contribution in [2.24, 2.45) is 0 Å². The first-order valence-corrected chi connectivity index (χ1v) is 6.55. The zero-order valence-electron chi connectivity index (χ0n) is 11.3. The highest BCUT2D eigenvalue weighted by atomic mass is 16.1. The van der Waals surface area contributed by atoms with Crippen molar-refractivity contribution in [3.8, 4) is 0 Å². The number of benzene rings is 1. The molecular weight excluding hydrogens is 264 g/mol. The average molecular weight is 278 g/mol. The van der Waals surface area contributed by atoms with Crippen LogP contribution in [0.4, 0.5) is 5.69 Å². The third-order valence-corrected chi connectivity index (χ3v) is 3.16. The van der Waals surface area contributed by atoms with Gasteiger partial charge in [-0.3, -0.25) is 14.5 Å². The first kappa shape index (κ1) is 13.1. The van der Waals surface area contributed by atoms with E-state index in [1.54, 1.807) is 29.2 Å². The average Bonchev–Trinajstić information content (AvgIpc) is 2.97. The first-order valence-electron chi connectivity index (χ1n) is 6.55. The van der Waals surface area contributed by atoms with Crippen molar-refractivity contribution < 1.29 is 4.79 Å². The fraction of sp³-hybridized carbons (Fsp3) is 0.0625. The molecule has 3 aromatic rings. The van der Waals surface area contributed by atoms with Gasteiger partial charge in [-0.1, -0.05) is 30.3 Å². The lowest BCUT2D eigenvalue weighted by Gasteiger charge is -2.02. The molecule has 0 fully saturated rings. The molecule has 5 heteroatoms. The van der Waals surface area contributed by atoms with E-state index in [0.717, 1.165) is 5.56 Å². The van der Waals surface area contributed by atoms with Gasteiger partial charge >= 0.3 is 0 Å². The van der Waals surface area contributed by atoms with E-state index in [1.807, 2.05) is 30.3 Å². The largest absolute Gasteiger partial charge is 0.398 e. The topological polar surface area (TPSA) is 73.8 Å². The number of anilines is 1. The van der Waals surface area contributed by atoms with E-state index in [0.29, 0.717) is 23.5 Å². The highest BCUT2D eigenvalue weighted by molar-refractivity contribution is 6.10. The zero-order chi connectivity index (χ0) is 14.7. The molecule has 0 unspecified atom stereocenters. The fourth-order valence-electron chi connectivity index (χ4n) is 2.07. The number of carbonyl (C=O) groups excluding carboxylic acids is 1. The Labute approximate surface area is 122 Å². The van der Waals surface area contributed by atoms with E-state index < -0.39 is 0 Å². The molecule has 2 N–H and O–H groups in total. The van der Waals surface area contributed by atoms with Crippen LogP contribution in [0.2, 0.25) is 0 Å². The summed E-state index contributed by atoms with van der Waals surface area (Å²) in [6, 6.07) is 13.2. The number of carbonyl (C=O) groups is 1. The van der Waals surface area contributed by atoms with Gasteiger partial charge in [-0.05, 0) is 17.7 Å². The maximum Gasteiger partial charge on any atom is 0.216 e. The van der Waals surface area contributed by atoms with E-state index in [-0.39, 0.29) is 5.78 Å². The van der Waals surface area contributed by atoms with Crippen LogP contribution in [0.1, 0.15) is 21.6 Å². The Balaban J connectivity index is 1.82. The summed E-state index contributed by atoms with van der Waals surface area (Å²) in [6.07, 6.45) is 4.81. The number of hydrogen-bond acceptors (Lipinski definition) is 4. The Kier molecular flexibility index (Phi) is 3.47. The number of nitrogen functional groups attached to an aromatic ring is 1. The molecule has 1 aromatic carbocycles. The van der Waals surface area contributed by atoms with Crippen LogP contribution >= 0.6 is 0 Å². The Morgan fingerprint density at radius 2 is 1.95 bits per heavy atom. The van der Waals surface area contributed by atoms with Crippen molar-refractivity contribution in [3.63, 3.8) is 0 Å². The minimum atomic E-state index is -0.215. The van der Waals surface area contributed by atoms with Crippen molar-refractivity contribution in [3.05, 3.63) is 77.9 Å². The first-order chi connectivity index (χ1) is 10.2. The second-order valence-corrected chi connectivity index (χ2v) is 4.68. The molecule has 0 spiro atoms. The van der Waals surface area contributed by atoms with Crippen LogP contribution in [-0.4, -0.2) is 20.5 Å². The van der Waals surface area contributed by atoms with Crippen molar-refractivity contribution in [2.75, 3.05) is 5.73 Å². The third-order valence-electron chi connectivity index (χ3n) is 3.16. The smallest absolute Gasteiger partial charge is 0.216 e. The second-order valence-electron chi connectivity index (χ2n) is 4.68. The summed E-state index contributed by atoms with van der Waals surface area (Å²) in [5.41, 5.74) is 8.07. The minimum absolute atomic E-state index is 0.215. The van der Waals surface area contributed by atoms with E-state index in [2.05, 4.69) is 10.1 Å². The van der Waals surface area contributed by atoms with Crippen LogP contribution in [0.5, 0.6) is 0 Å². The highest BCUT2D eigenvalue weighted by Gasteiger charge is 2.15. The Bertz CT molecular complexity index is 765. The summed E-state index contributed by atoms with van der Waals surface area (Å²) in [7, 11) is 0. The van der Waals surface area contributed by atoms with Crippen LogP contribution < -0.4 is 5.73 Å². The number of ketones is 1. The molecule has 0 amide bonds. The van der Waals surface area contributed by atoms with Crippen LogP contribution in [0.3, 0.4) is 0 Å². The van der Waals surface area contributed by atoms with Crippen molar-refractivity contribution >= 4 is 11.5 Å². The second kappa shape index (κ2) is 5.58. The number of rotatable bonds is 4. The fourth-order valence-corrected chi connectivity index (χ4v) is 2.07. The van der Waals surface area contributed by atoms with Gasteiger partial charge in [0.1, 0.15) is 5.69 Å². The molecule has 2 aromatic heterocycles. The summed E-state index contributed by atoms with van der Waals surface area (Å²) in [5.74, 6) is -0.215. The Morgan fingerprint density at radius 1 is 1.14 bits per heavy atom. The molecule has 0 aliphatic heterocycles. The molecule has 5 nitrogen and oxygen atoms in total. The molecule has 0 aliphatic rings. The van der Waals surface area contributed by atoms with Crippen molar-refractivity contribution in [2.45, 2.75) is 6.54 Å². The highest BCUT2D eigenvalue weighted by Crippen LogP contribution is 2.14. The summed E-state index contributed by atoms with van der Waals surface area (Å²) in [4.78, 5) is 16.3. The molecule has 0 radical (unpaired) electrons. The van der Waals surface area contributed by atoms with Crippen LogP contribution in [0, 0.1) is 0 Å². The lowest BCUT2D eigenvalue weighted by atomic mass is 10.1. The van der Waals surface area contributed by atoms with Gasteiger partial charge in [-0.2, -0.15) is 5.10 Å². The van der Waals surface area contributed by atoms with E-state index >= 15 is 0 Å². The molecule has 0 bridgehead atoms. The maximum atomic E-state index is 12.3. The van der Waals surface area contributed by atoms with Crippen molar-refractivity contribution in [1.29, 1.82) is 0 Å². The van der Waals surface area contributed by atoms with Crippen LogP contribution in [0.15, 0.2) is 61.1 Å². The predicted octanol–water partition coefficient (Wildman–Crippen LogP) is 2.14. The molecule has 3 rings (SSSR count). The zero-order valence-corrected chi connectivity index (χ0v) is 11.3. The lowest BCUT2D eigenvalue weighted by Crippen LogP contribution is -2.08. The normalized spacial score (nSPS) is 10.5.